The molecule has 30 heavy (non-hydrogen) atoms. The Kier molecular flexibility index (Phi) is 7.88. The maximum atomic E-state index is 13.2. The molecule has 1 heterocycles. The Bertz CT molecular complexity index is 864. The zero-order valence-corrected chi connectivity index (χ0v) is 21.0. The Hall–Kier alpha value is -2.12. The molecule has 160 valence electrons. The lowest BCUT2D eigenvalue weighted by atomic mass is 9.93. The molecule has 1 saturated heterocycles. The summed E-state index contributed by atoms with van der Waals surface area (Å²) in [5.74, 6) is 0.163. The summed E-state index contributed by atoms with van der Waals surface area (Å²) in [7, 11) is 12.5. The lowest BCUT2D eigenvalue weighted by Gasteiger charge is -2.35. The zero-order chi connectivity index (χ0) is 21.2. The van der Waals surface area contributed by atoms with Crippen molar-refractivity contribution in [3.63, 3.8) is 0 Å². The molecule has 0 amide bonds. The molecule has 1 fully saturated rings. The van der Waals surface area contributed by atoms with E-state index in [1.807, 2.05) is 40.3 Å². The summed E-state index contributed by atoms with van der Waals surface area (Å²) in [6, 6.07) is 16.7. The highest BCUT2D eigenvalue weighted by atomic mass is 127. The molecule has 2 aromatic rings. The second-order valence-corrected chi connectivity index (χ2v) is 8.89. The number of benzene rings is 2. The van der Waals surface area contributed by atoms with Crippen LogP contribution in [0.25, 0.3) is 12.2 Å². The lowest BCUT2D eigenvalue weighted by molar-refractivity contribution is -0.881. The first kappa shape index (κ1) is 24.2. The molecule has 3 rings (SSSR count). The van der Waals surface area contributed by atoms with E-state index < -0.39 is 0 Å². The summed E-state index contributed by atoms with van der Waals surface area (Å²) in [6.45, 7) is 1.48. The van der Waals surface area contributed by atoms with Crippen molar-refractivity contribution in [2.75, 3.05) is 65.2 Å². The van der Waals surface area contributed by atoms with E-state index >= 15 is 0 Å². The van der Waals surface area contributed by atoms with Gasteiger partial charge < -0.3 is 38.3 Å². The van der Waals surface area contributed by atoms with Crippen LogP contribution >= 0.6 is 0 Å². The van der Waals surface area contributed by atoms with Crippen LogP contribution in [0.3, 0.4) is 0 Å². The summed E-state index contributed by atoms with van der Waals surface area (Å²) >= 11 is 0. The summed E-state index contributed by atoms with van der Waals surface area (Å²) in [5.41, 5.74) is 6.18. The molecule has 0 atom stereocenters. The third-order valence-corrected chi connectivity index (χ3v) is 5.28. The fraction of sp³-hybridized carbons (Fsp3) is 0.320. The minimum atomic E-state index is 0. The number of carbonyl (C=O) groups excluding carboxylic acids is 1. The van der Waals surface area contributed by atoms with Gasteiger partial charge in [0.1, 0.15) is 13.1 Å². The van der Waals surface area contributed by atoms with Crippen LogP contribution in [0.2, 0.25) is 0 Å². The summed E-state index contributed by atoms with van der Waals surface area (Å²) in [4.78, 5) is 17.4. The normalized spacial score (nSPS) is 18.3. The average molecular weight is 517 g/mol. The minimum absolute atomic E-state index is 0. The Morgan fingerprint density at radius 3 is 1.33 bits per heavy atom. The maximum absolute atomic E-state index is 13.2. The van der Waals surface area contributed by atoms with Gasteiger partial charge in [-0.1, -0.05) is 24.3 Å². The molecule has 0 bridgehead atoms. The molecule has 5 heteroatoms. The second-order valence-electron chi connectivity index (χ2n) is 8.89. The third-order valence-electron chi connectivity index (χ3n) is 5.28. The van der Waals surface area contributed by atoms with Crippen LogP contribution in [0, 0.1) is 0 Å². The molecule has 1 aliphatic rings. The van der Waals surface area contributed by atoms with Crippen LogP contribution in [0.4, 0.5) is 11.4 Å². The fourth-order valence-electron chi connectivity index (χ4n) is 3.69. The van der Waals surface area contributed by atoms with Crippen LogP contribution in [0.15, 0.2) is 59.7 Å². The van der Waals surface area contributed by atoms with Gasteiger partial charge in [0.2, 0.25) is 0 Å². The Balaban J connectivity index is 0.00000320. The van der Waals surface area contributed by atoms with Crippen molar-refractivity contribution in [2.24, 2.45) is 0 Å². The van der Waals surface area contributed by atoms with Crippen molar-refractivity contribution in [1.29, 1.82) is 0 Å². The standard InChI is InChI=1S/C25H32N3O.HI/c1-26(2)23-11-7-19(8-12-23)15-21-17-28(5,6)18-22(25(21)29)16-20-9-13-24(14-10-20)27(3)4;/h7-16H,17-18H2,1-6H3;1H/q+1;/p-1/b21-15-,22-16+;. The number of likely N-dealkylation sites (N-methyl/N-ethyl adjacent to an activating group) is 1. The van der Waals surface area contributed by atoms with E-state index in [0.29, 0.717) is 0 Å². The van der Waals surface area contributed by atoms with E-state index in [0.717, 1.165) is 51.2 Å². The van der Waals surface area contributed by atoms with E-state index in [9.17, 15) is 4.79 Å². The Morgan fingerprint density at radius 2 is 1.03 bits per heavy atom. The average Bonchev–Trinajstić information content (AvgIpc) is 2.66. The van der Waals surface area contributed by atoms with Gasteiger partial charge in [0.15, 0.2) is 5.78 Å². The van der Waals surface area contributed by atoms with Crippen LogP contribution < -0.4 is 33.8 Å². The van der Waals surface area contributed by atoms with Crippen molar-refractivity contribution in [3.05, 3.63) is 70.8 Å². The summed E-state index contributed by atoms with van der Waals surface area (Å²) < 4.78 is 0.773. The molecule has 0 unspecified atom stereocenters. The molecule has 4 nitrogen and oxygen atoms in total. The van der Waals surface area contributed by atoms with Crippen molar-refractivity contribution in [1.82, 2.24) is 0 Å². The number of nitrogens with zero attached hydrogens (tertiary/aromatic N) is 3. The smallest absolute Gasteiger partial charge is 0.196 e. The molecule has 1 aliphatic heterocycles. The van der Waals surface area contributed by atoms with Crippen molar-refractivity contribution >= 4 is 29.3 Å². The molecule has 0 radical (unpaired) electrons. The number of hydrogen-bond acceptors (Lipinski definition) is 3. The highest BCUT2D eigenvalue weighted by Gasteiger charge is 2.33. The quantitative estimate of drug-likeness (QED) is 0.343. The number of Topliss-reactive ketones (excluding diaryl/α,β-unsaturated/α-hetero) is 1. The molecule has 0 aliphatic carbocycles. The van der Waals surface area contributed by atoms with E-state index in [4.69, 9.17) is 0 Å². The van der Waals surface area contributed by atoms with E-state index in [1.165, 1.54) is 0 Å². The van der Waals surface area contributed by atoms with Crippen molar-refractivity contribution in [3.8, 4) is 0 Å². The van der Waals surface area contributed by atoms with Gasteiger partial charge in [-0.15, -0.1) is 0 Å². The number of ketones is 1. The Labute approximate surface area is 198 Å². The third kappa shape index (κ3) is 5.95. The molecular formula is C25H32IN3O. The number of quaternary nitrogens is 1. The molecule has 0 N–H and O–H groups in total. The fourth-order valence-corrected chi connectivity index (χ4v) is 3.69. The van der Waals surface area contributed by atoms with Crippen molar-refractivity contribution in [2.45, 2.75) is 0 Å². The number of likely N-dealkylation sites (tertiary alicyclic amines) is 1. The Morgan fingerprint density at radius 1 is 0.700 bits per heavy atom. The van der Waals surface area contributed by atoms with Crippen LogP contribution in [-0.4, -0.2) is 65.6 Å². The van der Waals surface area contributed by atoms with E-state index in [1.54, 1.807) is 0 Å². The number of anilines is 2. The number of carbonyl (C=O) groups is 1. The second kappa shape index (κ2) is 9.79. The predicted molar refractivity (Wildman–Crippen MR) is 124 cm³/mol. The number of rotatable bonds is 4. The number of halogens is 1. The van der Waals surface area contributed by atoms with E-state index in [-0.39, 0.29) is 29.8 Å². The maximum Gasteiger partial charge on any atom is 0.196 e. The molecular weight excluding hydrogens is 485 g/mol. The largest absolute Gasteiger partial charge is 1.00 e. The number of piperidine rings is 1. The van der Waals surface area contributed by atoms with Gasteiger partial charge in [-0.25, -0.2) is 0 Å². The highest BCUT2D eigenvalue weighted by Crippen LogP contribution is 2.26. The first-order valence-electron chi connectivity index (χ1n) is 9.97. The lowest BCUT2D eigenvalue weighted by Crippen LogP contribution is -3.00. The SMILES string of the molecule is CN(C)c1ccc(/C=C2/C[N+](C)(C)C/C(=C\c3ccc(N(C)C)cc3)C2=O)cc1.[I-]. The van der Waals surface area contributed by atoms with E-state index in [2.05, 4.69) is 72.4 Å². The minimum Gasteiger partial charge on any atom is -1.00 e. The van der Waals surface area contributed by atoms with Crippen LogP contribution in [0.1, 0.15) is 11.1 Å². The van der Waals surface area contributed by atoms with Gasteiger partial charge in [0.25, 0.3) is 0 Å². The molecule has 2 aromatic carbocycles. The van der Waals surface area contributed by atoms with Gasteiger partial charge in [0, 0.05) is 39.6 Å². The van der Waals surface area contributed by atoms with Gasteiger partial charge in [0.05, 0.1) is 25.2 Å². The monoisotopic (exact) mass is 517 g/mol. The highest BCUT2D eigenvalue weighted by molar-refractivity contribution is 6.14. The summed E-state index contributed by atoms with van der Waals surface area (Å²) in [6.07, 6.45) is 4.09. The summed E-state index contributed by atoms with van der Waals surface area (Å²) in [5, 5.41) is 0. The molecule has 0 saturated carbocycles. The zero-order valence-electron chi connectivity index (χ0n) is 18.8. The van der Waals surface area contributed by atoms with Crippen molar-refractivity contribution < 1.29 is 33.3 Å². The van der Waals surface area contributed by atoms with Crippen LogP contribution in [-0.2, 0) is 4.79 Å². The molecule has 0 aromatic heterocycles. The van der Waals surface area contributed by atoms with Gasteiger partial charge >= 0.3 is 0 Å². The first-order chi connectivity index (χ1) is 13.6. The predicted octanol–water partition coefficient (Wildman–Crippen LogP) is 0.949. The first-order valence-corrected chi connectivity index (χ1v) is 9.97. The van der Waals surface area contributed by atoms with Crippen LogP contribution in [0.5, 0.6) is 0 Å². The molecule has 0 spiro atoms. The number of hydrogen-bond donors (Lipinski definition) is 0. The topological polar surface area (TPSA) is 23.6 Å². The van der Waals surface area contributed by atoms with Gasteiger partial charge in [-0.2, -0.15) is 0 Å². The van der Waals surface area contributed by atoms with Gasteiger partial charge in [-0.3, -0.25) is 4.79 Å². The van der Waals surface area contributed by atoms with Gasteiger partial charge in [-0.05, 0) is 47.5 Å².